The van der Waals surface area contributed by atoms with Crippen LogP contribution >= 0.6 is 0 Å². The fourth-order valence-electron chi connectivity index (χ4n) is 2.24. The van der Waals surface area contributed by atoms with Gasteiger partial charge in [0.2, 0.25) is 11.7 Å². The predicted octanol–water partition coefficient (Wildman–Crippen LogP) is 3.91. The van der Waals surface area contributed by atoms with Gasteiger partial charge in [-0.3, -0.25) is 9.59 Å². The Kier molecular flexibility index (Phi) is 5.16. The molecule has 0 aromatic heterocycles. The van der Waals surface area contributed by atoms with E-state index in [4.69, 9.17) is 4.74 Å². The van der Waals surface area contributed by atoms with Gasteiger partial charge in [-0.05, 0) is 50.1 Å². The number of aryl methyl sites for hydroxylation is 2. The van der Waals surface area contributed by atoms with E-state index in [1.807, 2.05) is 32.0 Å². The van der Waals surface area contributed by atoms with Crippen LogP contribution in [0.2, 0.25) is 0 Å². The summed E-state index contributed by atoms with van der Waals surface area (Å²) in [4.78, 5) is 23.8. The third-order valence-corrected chi connectivity index (χ3v) is 3.66. The van der Waals surface area contributed by atoms with Crippen LogP contribution in [0.4, 0.5) is 5.69 Å². The molecule has 1 N–H and O–H groups in total. The molecule has 120 valence electrons. The summed E-state index contributed by atoms with van der Waals surface area (Å²) in [7, 11) is 0. The van der Waals surface area contributed by atoms with E-state index < -0.39 is 6.10 Å². The Hall–Kier alpha value is -2.62. The highest BCUT2D eigenvalue weighted by atomic mass is 16.5. The Labute approximate surface area is 136 Å². The summed E-state index contributed by atoms with van der Waals surface area (Å²) in [6.45, 7) is 7.12. The van der Waals surface area contributed by atoms with Crippen molar-refractivity contribution >= 4 is 17.4 Å². The van der Waals surface area contributed by atoms with Crippen LogP contribution in [0.3, 0.4) is 0 Å². The van der Waals surface area contributed by atoms with Crippen molar-refractivity contribution in [1.29, 1.82) is 0 Å². The Morgan fingerprint density at radius 3 is 2.39 bits per heavy atom. The van der Waals surface area contributed by atoms with E-state index in [9.17, 15) is 9.59 Å². The van der Waals surface area contributed by atoms with E-state index in [1.54, 1.807) is 31.2 Å². The van der Waals surface area contributed by atoms with Gasteiger partial charge < -0.3 is 10.1 Å². The maximum absolute atomic E-state index is 12.5. The molecule has 1 atom stereocenters. The second-order valence-electron chi connectivity index (χ2n) is 5.60. The SMILES string of the molecule is CC(=O)Nc1ccccc1OC(C)C(=O)c1ccc(C)c(C)c1. The average molecular weight is 311 g/mol. The molecule has 2 aromatic carbocycles. The number of benzene rings is 2. The van der Waals surface area contributed by atoms with Crippen LogP contribution in [0.5, 0.6) is 5.75 Å². The smallest absolute Gasteiger partial charge is 0.221 e. The molecule has 2 aromatic rings. The summed E-state index contributed by atoms with van der Waals surface area (Å²) in [6.07, 6.45) is -0.646. The number of hydrogen-bond donors (Lipinski definition) is 1. The lowest BCUT2D eigenvalue weighted by Gasteiger charge is -2.17. The molecule has 0 saturated heterocycles. The van der Waals surface area contributed by atoms with Gasteiger partial charge in [0.1, 0.15) is 5.75 Å². The highest BCUT2D eigenvalue weighted by Crippen LogP contribution is 2.25. The molecule has 0 aliphatic carbocycles. The summed E-state index contributed by atoms with van der Waals surface area (Å²) >= 11 is 0. The zero-order chi connectivity index (χ0) is 17.0. The normalized spacial score (nSPS) is 11.7. The number of anilines is 1. The van der Waals surface area contributed by atoms with Crippen LogP contribution in [-0.2, 0) is 4.79 Å². The van der Waals surface area contributed by atoms with Crippen molar-refractivity contribution in [3.8, 4) is 5.75 Å². The van der Waals surface area contributed by atoms with Gasteiger partial charge >= 0.3 is 0 Å². The van der Waals surface area contributed by atoms with Crippen molar-refractivity contribution in [3.05, 3.63) is 59.2 Å². The molecule has 0 radical (unpaired) electrons. The summed E-state index contributed by atoms with van der Waals surface area (Å²) in [5, 5.41) is 2.70. The number of ether oxygens (including phenoxy) is 1. The standard InChI is InChI=1S/C19H21NO3/c1-12-9-10-16(11-13(12)2)19(22)14(3)23-18-8-6-5-7-17(18)20-15(4)21/h5-11,14H,1-4H3,(H,20,21). The minimum atomic E-state index is -0.646. The molecule has 0 fully saturated rings. The zero-order valence-corrected chi connectivity index (χ0v) is 13.8. The molecule has 0 bridgehead atoms. The van der Waals surface area contributed by atoms with Crippen LogP contribution in [0.25, 0.3) is 0 Å². The van der Waals surface area contributed by atoms with Crippen molar-refractivity contribution in [3.63, 3.8) is 0 Å². The number of carbonyl (C=O) groups excluding carboxylic acids is 2. The number of para-hydroxylation sites is 2. The topological polar surface area (TPSA) is 55.4 Å². The number of rotatable bonds is 5. The van der Waals surface area contributed by atoms with Crippen molar-refractivity contribution in [2.45, 2.75) is 33.8 Å². The van der Waals surface area contributed by atoms with Crippen molar-refractivity contribution < 1.29 is 14.3 Å². The second kappa shape index (κ2) is 7.09. The molecule has 23 heavy (non-hydrogen) atoms. The third kappa shape index (κ3) is 4.19. The maximum atomic E-state index is 12.5. The number of nitrogens with one attached hydrogen (secondary N) is 1. The zero-order valence-electron chi connectivity index (χ0n) is 13.8. The van der Waals surface area contributed by atoms with E-state index in [0.29, 0.717) is 17.0 Å². The van der Waals surface area contributed by atoms with Gasteiger partial charge in [-0.25, -0.2) is 0 Å². The Morgan fingerprint density at radius 1 is 1.04 bits per heavy atom. The van der Waals surface area contributed by atoms with Gasteiger partial charge in [0.05, 0.1) is 5.69 Å². The first-order valence-corrected chi connectivity index (χ1v) is 7.53. The lowest BCUT2D eigenvalue weighted by molar-refractivity contribution is -0.114. The fraction of sp³-hybridized carbons (Fsp3) is 0.263. The molecule has 0 saturated carbocycles. The maximum Gasteiger partial charge on any atom is 0.221 e. The monoisotopic (exact) mass is 311 g/mol. The highest BCUT2D eigenvalue weighted by Gasteiger charge is 2.18. The molecule has 0 aliphatic rings. The van der Waals surface area contributed by atoms with Crippen LogP contribution < -0.4 is 10.1 Å². The Balaban J connectivity index is 2.18. The highest BCUT2D eigenvalue weighted by molar-refractivity contribution is 5.99. The quantitative estimate of drug-likeness (QED) is 0.852. The van der Waals surface area contributed by atoms with E-state index in [2.05, 4.69) is 5.32 Å². The largest absolute Gasteiger partial charge is 0.480 e. The molecule has 4 heteroatoms. The van der Waals surface area contributed by atoms with E-state index in [1.165, 1.54) is 6.92 Å². The van der Waals surface area contributed by atoms with Crippen LogP contribution in [0, 0.1) is 13.8 Å². The van der Waals surface area contributed by atoms with Crippen LogP contribution in [0.15, 0.2) is 42.5 Å². The van der Waals surface area contributed by atoms with Crippen molar-refractivity contribution in [2.24, 2.45) is 0 Å². The van der Waals surface area contributed by atoms with Gasteiger partial charge in [0.25, 0.3) is 0 Å². The van der Waals surface area contributed by atoms with Gasteiger partial charge in [-0.15, -0.1) is 0 Å². The van der Waals surface area contributed by atoms with Gasteiger partial charge in [-0.2, -0.15) is 0 Å². The molecule has 1 unspecified atom stereocenters. The van der Waals surface area contributed by atoms with Crippen LogP contribution in [-0.4, -0.2) is 17.8 Å². The molecular weight excluding hydrogens is 290 g/mol. The predicted molar refractivity (Wildman–Crippen MR) is 91.1 cm³/mol. The number of hydrogen-bond acceptors (Lipinski definition) is 3. The van der Waals surface area contributed by atoms with Crippen molar-refractivity contribution in [2.75, 3.05) is 5.32 Å². The molecular formula is C19H21NO3. The van der Waals surface area contributed by atoms with Gasteiger partial charge in [-0.1, -0.05) is 24.3 Å². The number of amides is 1. The minimum Gasteiger partial charge on any atom is -0.480 e. The molecule has 4 nitrogen and oxygen atoms in total. The third-order valence-electron chi connectivity index (χ3n) is 3.66. The number of Topliss-reactive ketones (excluding diaryl/α,β-unsaturated/α-hetero) is 1. The summed E-state index contributed by atoms with van der Waals surface area (Å²) in [5.74, 6) is 0.201. The summed E-state index contributed by atoms with van der Waals surface area (Å²) in [5.41, 5.74) is 3.39. The first-order chi connectivity index (χ1) is 10.9. The Morgan fingerprint density at radius 2 is 1.74 bits per heavy atom. The van der Waals surface area contributed by atoms with E-state index in [-0.39, 0.29) is 11.7 Å². The molecule has 0 heterocycles. The summed E-state index contributed by atoms with van der Waals surface area (Å²) < 4.78 is 5.77. The number of ketones is 1. The van der Waals surface area contributed by atoms with Gasteiger partial charge in [0, 0.05) is 12.5 Å². The fourth-order valence-corrected chi connectivity index (χ4v) is 2.24. The first-order valence-electron chi connectivity index (χ1n) is 7.53. The molecule has 1 amide bonds. The van der Waals surface area contributed by atoms with Gasteiger partial charge in [0.15, 0.2) is 6.10 Å². The minimum absolute atomic E-state index is 0.0919. The molecule has 0 aliphatic heterocycles. The Bertz CT molecular complexity index is 737. The second-order valence-corrected chi connectivity index (χ2v) is 5.60. The van der Waals surface area contributed by atoms with Crippen LogP contribution in [0.1, 0.15) is 35.3 Å². The first kappa shape index (κ1) is 16.7. The molecule has 2 rings (SSSR count). The van der Waals surface area contributed by atoms with E-state index >= 15 is 0 Å². The lowest BCUT2D eigenvalue weighted by Crippen LogP contribution is -2.24. The van der Waals surface area contributed by atoms with Crippen molar-refractivity contribution in [1.82, 2.24) is 0 Å². The molecule has 0 spiro atoms. The van der Waals surface area contributed by atoms with E-state index in [0.717, 1.165) is 11.1 Å². The lowest BCUT2D eigenvalue weighted by atomic mass is 10.0. The number of carbonyl (C=O) groups is 2. The average Bonchev–Trinajstić information content (AvgIpc) is 2.50. The summed E-state index contributed by atoms with van der Waals surface area (Å²) in [6, 6.07) is 12.7.